The Balaban J connectivity index is 1.63. The molecule has 0 N–H and O–H groups in total. The van der Waals surface area contributed by atoms with Crippen LogP contribution in [0, 0.1) is 6.92 Å². The van der Waals surface area contributed by atoms with Crippen molar-refractivity contribution in [1.29, 1.82) is 0 Å². The van der Waals surface area contributed by atoms with Gasteiger partial charge in [0.2, 0.25) is 0 Å². The molecule has 2 aliphatic heterocycles. The fraction of sp³-hybridized carbons (Fsp3) is 0.452. The molecule has 2 aromatic carbocycles. The molecule has 204 valence electrons. The minimum Gasteiger partial charge on any atom is -0.497 e. The van der Waals surface area contributed by atoms with Crippen molar-refractivity contribution in [3.63, 3.8) is 0 Å². The molecule has 0 spiro atoms. The van der Waals surface area contributed by atoms with Crippen molar-refractivity contribution in [1.82, 2.24) is 0 Å². The minimum absolute atomic E-state index is 0.241. The Labute approximate surface area is 225 Å². The number of fused-ring (bicyclic) bond motifs is 2. The number of aryl methyl sites for hydroxylation is 1. The maximum absolute atomic E-state index is 13.1. The summed E-state index contributed by atoms with van der Waals surface area (Å²) >= 11 is 0. The standard InChI is InChI=1S/C31H38O7/c1-20-17-25(34-6)18-23-10-8-12-27-29(38-31(3,4)37-27)26(11-7-9-21(2)36-30(32)28(20)23)35-19-22-13-15-24(33-5)16-14-22/h7-8,10-11,13-18,21,26-27,29H,9,12,19H2,1-6H3/b10-8+,11-7-/t21-,26?,27-,29+/m0/s1. The van der Waals surface area contributed by atoms with Crippen LogP contribution in [-0.2, 0) is 25.6 Å². The van der Waals surface area contributed by atoms with Crippen molar-refractivity contribution < 1.29 is 33.2 Å². The first kappa shape index (κ1) is 27.9. The van der Waals surface area contributed by atoms with Crippen LogP contribution in [0.2, 0.25) is 0 Å². The molecule has 38 heavy (non-hydrogen) atoms. The van der Waals surface area contributed by atoms with Crippen molar-refractivity contribution >= 4 is 12.0 Å². The second kappa shape index (κ2) is 12.2. The van der Waals surface area contributed by atoms with E-state index in [1.807, 2.05) is 88.4 Å². The second-order valence-electron chi connectivity index (χ2n) is 10.2. The summed E-state index contributed by atoms with van der Waals surface area (Å²) in [5.41, 5.74) is 3.11. The van der Waals surface area contributed by atoms with E-state index in [9.17, 15) is 4.79 Å². The minimum atomic E-state index is -0.753. The van der Waals surface area contributed by atoms with Gasteiger partial charge < -0.3 is 28.4 Å². The van der Waals surface area contributed by atoms with Crippen molar-refractivity contribution in [2.24, 2.45) is 0 Å². The molecule has 1 fully saturated rings. The monoisotopic (exact) mass is 522 g/mol. The lowest BCUT2D eigenvalue weighted by Gasteiger charge is -2.25. The molecule has 0 saturated carbocycles. The molecule has 0 radical (unpaired) electrons. The predicted octanol–water partition coefficient (Wildman–Crippen LogP) is 6.03. The zero-order chi connectivity index (χ0) is 27.3. The van der Waals surface area contributed by atoms with Gasteiger partial charge in [-0.3, -0.25) is 0 Å². The number of carbonyl (C=O) groups is 1. The molecule has 4 rings (SSSR count). The number of carbonyl (C=O) groups excluding carboxylic acids is 1. The maximum atomic E-state index is 13.1. The van der Waals surface area contributed by atoms with Gasteiger partial charge in [0.15, 0.2) is 5.79 Å². The largest absolute Gasteiger partial charge is 0.497 e. The van der Waals surface area contributed by atoms with Crippen LogP contribution in [0.3, 0.4) is 0 Å². The zero-order valence-electron chi connectivity index (χ0n) is 23.1. The maximum Gasteiger partial charge on any atom is 0.339 e. The van der Waals surface area contributed by atoms with Crippen LogP contribution < -0.4 is 9.47 Å². The van der Waals surface area contributed by atoms with E-state index in [1.165, 1.54) is 0 Å². The molecular weight excluding hydrogens is 484 g/mol. The average molecular weight is 523 g/mol. The molecule has 0 aromatic heterocycles. The summed E-state index contributed by atoms with van der Waals surface area (Å²) in [6.45, 7) is 8.01. The Morgan fingerprint density at radius 1 is 0.974 bits per heavy atom. The normalized spacial score (nSPS) is 26.8. The third-order valence-electron chi connectivity index (χ3n) is 6.69. The quantitative estimate of drug-likeness (QED) is 0.351. The summed E-state index contributed by atoms with van der Waals surface area (Å²) in [4.78, 5) is 13.1. The lowest BCUT2D eigenvalue weighted by atomic mass is 9.98. The Bertz CT molecular complexity index is 1170. The van der Waals surface area contributed by atoms with Crippen LogP contribution in [0.5, 0.6) is 11.5 Å². The Morgan fingerprint density at radius 2 is 1.71 bits per heavy atom. The molecule has 0 aliphatic carbocycles. The van der Waals surface area contributed by atoms with E-state index in [2.05, 4.69) is 0 Å². The van der Waals surface area contributed by atoms with Gasteiger partial charge in [0.05, 0.1) is 32.5 Å². The summed E-state index contributed by atoms with van der Waals surface area (Å²) in [6, 6.07) is 11.5. The van der Waals surface area contributed by atoms with Crippen LogP contribution in [0.1, 0.15) is 60.7 Å². The van der Waals surface area contributed by atoms with E-state index in [4.69, 9.17) is 28.4 Å². The van der Waals surface area contributed by atoms with E-state index in [0.717, 1.165) is 22.4 Å². The number of rotatable bonds is 5. The number of hydrogen-bond donors (Lipinski definition) is 0. The Hall–Kier alpha value is -3.13. The van der Waals surface area contributed by atoms with Gasteiger partial charge in [0, 0.05) is 6.42 Å². The highest BCUT2D eigenvalue weighted by Gasteiger charge is 2.44. The number of benzene rings is 2. The van der Waals surface area contributed by atoms with Gasteiger partial charge in [-0.15, -0.1) is 0 Å². The van der Waals surface area contributed by atoms with Crippen LogP contribution in [0.4, 0.5) is 0 Å². The summed E-state index contributed by atoms with van der Waals surface area (Å²) in [7, 11) is 3.26. The van der Waals surface area contributed by atoms with Crippen LogP contribution in [0.25, 0.3) is 6.08 Å². The first-order chi connectivity index (χ1) is 18.2. The highest BCUT2D eigenvalue weighted by molar-refractivity contribution is 5.95. The summed E-state index contributed by atoms with van der Waals surface area (Å²) < 4.78 is 35.6. The smallest absolute Gasteiger partial charge is 0.339 e. The second-order valence-corrected chi connectivity index (χ2v) is 10.2. The van der Waals surface area contributed by atoms with E-state index in [-0.39, 0.29) is 30.4 Å². The third kappa shape index (κ3) is 6.84. The van der Waals surface area contributed by atoms with E-state index >= 15 is 0 Å². The lowest BCUT2D eigenvalue weighted by molar-refractivity contribution is -0.156. The fourth-order valence-corrected chi connectivity index (χ4v) is 4.83. The van der Waals surface area contributed by atoms with Gasteiger partial charge >= 0.3 is 5.97 Å². The zero-order valence-corrected chi connectivity index (χ0v) is 23.1. The number of hydrogen-bond acceptors (Lipinski definition) is 7. The fourth-order valence-electron chi connectivity index (χ4n) is 4.83. The van der Waals surface area contributed by atoms with Gasteiger partial charge in [-0.2, -0.15) is 0 Å². The molecule has 2 heterocycles. The first-order valence-corrected chi connectivity index (χ1v) is 13.0. The van der Waals surface area contributed by atoms with Crippen LogP contribution in [0.15, 0.2) is 54.6 Å². The Morgan fingerprint density at radius 3 is 2.42 bits per heavy atom. The van der Waals surface area contributed by atoms with Crippen LogP contribution in [-0.4, -0.2) is 50.4 Å². The van der Waals surface area contributed by atoms with Gasteiger partial charge in [-0.1, -0.05) is 36.4 Å². The molecule has 1 unspecified atom stereocenters. The number of cyclic esters (lactones) is 1. The van der Waals surface area contributed by atoms with E-state index in [1.54, 1.807) is 14.2 Å². The SMILES string of the molecule is COc1ccc(COC2/C=C\C[C@H](C)OC(=O)c3c(C)cc(OC)cc3/C=C/C[C@@H]3OC(C)(C)O[C@H]23)cc1. The molecule has 2 aromatic rings. The van der Waals surface area contributed by atoms with E-state index in [0.29, 0.717) is 30.8 Å². The van der Waals surface area contributed by atoms with E-state index < -0.39 is 5.79 Å². The van der Waals surface area contributed by atoms with Gasteiger partial charge in [0.1, 0.15) is 29.8 Å². The number of esters is 1. The summed E-state index contributed by atoms with van der Waals surface area (Å²) in [5, 5.41) is 0. The molecule has 2 aliphatic rings. The highest BCUT2D eigenvalue weighted by Crippen LogP contribution is 2.34. The predicted molar refractivity (Wildman–Crippen MR) is 145 cm³/mol. The molecular formula is C31H38O7. The number of methoxy groups -OCH3 is 2. The molecule has 1 saturated heterocycles. The lowest BCUT2D eigenvalue weighted by Crippen LogP contribution is -2.36. The molecule has 0 amide bonds. The topological polar surface area (TPSA) is 72.5 Å². The summed E-state index contributed by atoms with van der Waals surface area (Å²) in [6.07, 6.45) is 7.78. The molecule has 7 nitrogen and oxygen atoms in total. The number of ether oxygens (including phenoxy) is 6. The Kier molecular flexibility index (Phi) is 8.92. The molecule has 0 bridgehead atoms. The van der Waals surface area contributed by atoms with Crippen molar-refractivity contribution in [3.05, 3.63) is 76.9 Å². The van der Waals surface area contributed by atoms with Crippen molar-refractivity contribution in [3.8, 4) is 11.5 Å². The first-order valence-electron chi connectivity index (χ1n) is 13.0. The van der Waals surface area contributed by atoms with Gasteiger partial charge in [0.25, 0.3) is 0 Å². The molecule has 7 heteroatoms. The molecule has 4 atom stereocenters. The summed E-state index contributed by atoms with van der Waals surface area (Å²) in [5.74, 6) is 0.374. The highest BCUT2D eigenvalue weighted by atomic mass is 16.8. The van der Waals surface area contributed by atoms with Crippen LogP contribution >= 0.6 is 0 Å². The van der Waals surface area contributed by atoms with Gasteiger partial charge in [-0.25, -0.2) is 4.79 Å². The average Bonchev–Trinajstić information content (AvgIpc) is 3.19. The van der Waals surface area contributed by atoms with Crippen molar-refractivity contribution in [2.45, 2.75) is 77.3 Å². The van der Waals surface area contributed by atoms with Crippen molar-refractivity contribution in [2.75, 3.05) is 14.2 Å². The third-order valence-corrected chi connectivity index (χ3v) is 6.69. The van der Waals surface area contributed by atoms with Gasteiger partial charge in [-0.05, 0) is 75.1 Å².